The van der Waals surface area contributed by atoms with Crippen LogP contribution in [0.1, 0.15) is 19.8 Å². The van der Waals surface area contributed by atoms with Gasteiger partial charge in [0.25, 0.3) is 0 Å². The van der Waals surface area contributed by atoms with Crippen LogP contribution in [0.2, 0.25) is 0 Å². The molecule has 1 aromatic carbocycles. The molecule has 1 fully saturated rings. The van der Waals surface area contributed by atoms with Crippen LogP contribution in [0.25, 0.3) is 0 Å². The van der Waals surface area contributed by atoms with E-state index in [9.17, 15) is 16.8 Å². The second-order valence-corrected chi connectivity index (χ2v) is 11.3. The second-order valence-electron chi connectivity index (χ2n) is 6.50. The van der Waals surface area contributed by atoms with E-state index in [0.717, 1.165) is 10.7 Å². The maximum absolute atomic E-state index is 12.3. The van der Waals surface area contributed by atoms with Crippen LogP contribution in [-0.4, -0.2) is 69.3 Å². The Bertz CT molecular complexity index is 866. The van der Waals surface area contributed by atoms with Gasteiger partial charge in [-0.2, -0.15) is 0 Å². The van der Waals surface area contributed by atoms with Gasteiger partial charge in [-0.15, -0.1) is 0 Å². The number of hydrogen-bond donors (Lipinski definition) is 1. The summed E-state index contributed by atoms with van der Waals surface area (Å²) in [5.74, 6) is 0.279. The fourth-order valence-electron chi connectivity index (χ4n) is 2.85. The lowest BCUT2D eigenvalue weighted by Gasteiger charge is -2.30. The fourth-order valence-corrected chi connectivity index (χ4v) is 5.89. The Hall–Kier alpha value is -1.23. The van der Waals surface area contributed by atoms with Crippen LogP contribution >= 0.6 is 12.2 Å². The van der Waals surface area contributed by atoms with Crippen molar-refractivity contribution in [1.82, 2.24) is 9.21 Å². The van der Waals surface area contributed by atoms with Crippen LogP contribution in [0.4, 0.5) is 5.69 Å². The molecular weight excluding hydrogens is 394 g/mol. The van der Waals surface area contributed by atoms with Crippen molar-refractivity contribution in [2.45, 2.75) is 30.7 Å². The predicted molar refractivity (Wildman–Crippen MR) is 108 cm³/mol. The maximum Gasteiger partial charge on any atom is 0.242 e. The molecule has 1 aliphatic rings. The van der Waals surface area contributed by atoms with E-state index < -0.39 is 19.9 Å². The molecule has 146 valence electrons. The van der Waals surface area contributed by atoms with Crippen molar-refractivity contribution in [3.8, 4) is 0 Å². The first-order chi connectivity index (χ1) is 12.1. The van der Waals surface area contributed by atoms with Crippen LogP contribution in [0, 0.1) is 0 Å². The molecule has 1 heterocycles. The Morgan fingerprint density at radius 3 is 2.58 bits per heavy atom. The molecule has 0 bridgehead atoms. The summed E-state index contributed by atoms with van der Waals surface area (Å²) in [6.07, 6.45) is 1.38. The Balaban J connectivity index is 2.19. The van der Waals surface area contributed by atoms with E-state index in [1.807, 2.05) is 11.8 Å². The zero-order chi connectivity index (χ0) is 19.5. The summed E-state index contributed by atoms with van der Waals surface area (Å²) in [5, 5.41) is 3.47. The van der Waals surface area contributed by atoms with Crippen LogP contribution < -0.4 is 5.32 Å². The number of anilines is 1. The molecule has 0 aliphatic carbocycles. The molecule has 0 aromatic heterocycles. The Morgan fingerprint density at radius 2 is 2.04 bits per heavy atom. The van der Waals surface area contributed by atoms with Crippen molar-refractivity contribution in [3.05, 3.63) is 24.3 Å². The molecule has 1 aliphatic heterocycles. The van der Waals surface area contributed by atoms with Gasteiger partial charge in [0.2, 0.25) is 10.0 Å². The van der Waals surface area contributed by atoms with E-state index >= 15 is 0 Å². The van der Waals surface area contributed by atoms with Crippen molar-refractivity contribution in [3.63, 3.8) is 0 Å². The molecule has 0 saturated carbocycles. The van der Waals surface area contributed by atoms with Crippen molar-refractivity contribution < 1.29 is 16.8 Å². The van der Waals surface area contributed by atoms with Gasteiger partial charge in [0.05, 0.1) is 16.4 Å². The number of rotatable bonds is 6. The first kappa shape index (κ1) is 21.1. The standard InChI is InChI=1S/C16H25N3O4S3/c1-4-9-19(14-8-10-25(20,21)12-14)16(24)17-13-6-5-7-15(11-13)26(22,23)18(2)3/h5-7,11,14H,4,8-10,12H2,1-3H3,(H,17,24)/t14-/m1/s1. The number of hydrogen-bond acceptors (Lipinski definition) is 5. The average Bonchev–Trinajstić information content (AvgIpc) is 2.92. The first-order valence-electron chi connectivity index (χ1n) is 8.37. The van der Waals surface area contributed by atoms with Gasteiger partial charge in [0.1, 0.15) is 0 Å². The van der Waals surface area contributed by atoms with E-state index in [4.69, 9.17) is 12.2 Å². The van der Waals surface area contributed by atoms with Gasteiger partial charge in [-0.1, -0.05) is 13.0 Å². The molecule has 0 amide bonds. The minimum atomic E-state index is -3.54. The predicted octanol–water partition coefficient (Wildman–Crippen LogP) is 1.53. The van der Waals surface area contributed by atoms with Gasteiger partial charge in [0, 0.05) is 32.4 Å². The molecule has 0 radical (unpaired) electrons. The van der Waals surface area contributed by atoms with Crippen LogP contribution in [0.15, 0.2) is 29.2 Å². The Labute approximate surface area is 161 Å². The van der Waals surface area contributed by atoms with Gasteiger partial charge in [-0.3, -0.25) is 0 Å². The third-order valence-electron chi connectivity index (χ3n) is 4.24. The molecule has 0 spiro atoms. The van der Waals surface area contributed by atoms with E-state index in [-0.39, 0.29) is 22.4 Å². The highest BCUT2D eigenvalue weighted by Crippen LogP contribution is 2.21. The van der Waals surface area contributed by atoms with Crippen molar-refractivity contribution in [2.75, 3.05) is 37.5 Å². The molecular formula is C16H25N3O4S3. The molecule has 7 nitrogen and oxygen atoms in total. The zero-order valence-corrected chi connectivity index (χ0v) is 17.6. The lowest BCUT2D eigenvalue weighted by Crippen LogP contribution is -2.43. The zero-order valence-electron chi connectivity index (χ0n) is 15.2. The van der Waals surface area contributed by atoms with E-state index in [2.05, 4.69) is 5.32 Å². The van der Waals surface area contributed by atoms with Crippen molar-refractivity contribution >= 4 is 42.9 Å². The molecule has 10 heteroatoms. The molecule has 26 heavy (non-hydrogen) atoms. The monoisotopic (exact) mass is 419 g/mol. The fraction of sp³-hybridized carbons (Fsp3) is 0.562. The van der Waals surface area contributed by atoms with E-state index in [0.29, 0.717) is 23.8 Å². The van der Waals surface area contributed by atoms with Crippen LogP contribution in [0.5, 0.6) is 0 Å². The number of sulfone groups is 1. The molecule has 0 unspecified atom stereocenters. The Morgan fingerprint density at radius 1 is 1.35 bits per heavy atom. The number of thiocarbonyl (C=S) groups is 1. The summed E-state index contributed by atoms with van der Waals surface area (Å²) in [4.78, 5) is 2.06. The second kappa shape index (κ2) is 8.20. The summed E-state index contributed by atoms with van der Waals surface area (Å²) >= 11 is 5.48. The summed E-state index contributed by atoms with van der Waals surface area (Å²) < 4.78 is 49.3. The highest BCUT2D eigenvalue weighted by Gasteiger charge is 2.33. The van der Waals surface area contributed by atoms with Gasteiger partial charge < -0.3 is 10.2 Å². The summed E-state index contributed by atoms with van der Waals surface area (Å²) in [7, 11) is -3.60. The smallest absolute Gasteiger partial charge is 0.242 e. The third-order valence-corrected chi connectivity index (χ3v) is 8.14. The summed E-state index contributed by atoms with van der Waals surface area (Å²) in [6.45, 7) is 2.64. The molecule has 1 saturated heterocycles. The van der Waals surface area contributed by atoms with Gasteiger partial charge in [-0.05, 0) is 43.3 Å². The minimum absolute atomic E-state index is 0.101. The molecule has 1 N–H and O–H groups in total. The topological polar surface area (TPSA) is 86.8 Å². The highest BCUT2D eigenvalue weighted by atomic mass is 32.2. The van der Waals surface area contributed by atoms with Crippen molar-refractivity contribution in [1.29, 1.82) is 0 Å². The molecule has 2 rings (SSSR count). The summed E-state index contributed by atoms with van der Waals surface area (Å²) in [5.41, 5.74) is 0.555. The third kappa shape index (κ3) is 4.93. The quantitative estimate of drug-likeness (QED) is 0.700. The van der Waals surface area contributed by atoms with E-state index in [1.54, 1.807) is 12.1 Å². The average molecular weight is 420 g/mol. The van der Waals surface area contributed by atoms with Crippen molar-refractivity contribution in [2.24, 2.45) is 0 Å². The maximum atomic E-state index is 12.3. The molecule has 1 aromatic rings. The number of nitrogens with one attached hydrogen (secondary N) is 1. The number of benzene rings is 1. The normalized spacial score (nSPS) is 19.5. The van der Waals surface area contributed by atoms with E-state index in [1.165, 1.54) is 26.2 Å². The van der Waals surface area contributed by atoms with Gasteiger partial charge >= 0.3 is 0 Å². The SMILES string of the molecule is CCCN(C(=S)Nc1cccc(S(=O)(=O)N(C)C)c1)[C@@H]1CCS(=O)(=O)C1. The largest absolute Gasteiger partial charge is 0.345 e. The minimum Gasteiger partial charge on any atom is -0.345 e. The first-order valence-corrected chi connectivity index (χ1v) is 12.0. The van der Waals surface area contributed by atoms with Crippen LogP contribution in [-0.2, 0) is 19.9 Å². The highest BCUT2D eigenvalue weighted by molar-refractivity contribution is 7.91. The van der Waals surface area contributed by atoms with Crippen LogP contribution in [0.3, 0.4) is 0 Å². The van der Waals surface area contributed by atoms with Gasteiger partial charge in [0.15, 0.2) is 14.9 Å². The lowest BCUT2D eigenvalue weighted by molar-refractivity contribution is 0.339. The number of sulfonamides is 1. The molecule has 1 atom stereocenters. The summed E-state index contributed by atoms with van der Waals surface area (Å²) in [6, 6.07) is 6.28. The van der Waals surface area contributed by atoms with Gasteiger partial charge in [-0.25, -0.2) is 21.1 Å². The number of nitrogens with zero attached hydrogens (tertiary/aromatic N) is 2. The Kier molecular flexibility index (Phi) is 6.65. The lowest BCUT2D eigenvalue weighted by atomic mass is 10.2.